The van der Waals surface area contributed by atoms with Gasteiger partial charge in [0.1, 0.15) is 5.69 Å². The number of nitro groups is 1. The van der Waals surface area contributed by atoms with Crippen molar-refractivity contribution < 1.29 is 18.1 Å². The van der Waals surface area contributed by atoms with E-state index in [1.165, 1.54) is 16.1 Å². The van der Waals surface area contributed by atoms with Gasteiger partial charge in [0.2, 0.25) is 0 Å². The molecule has 2 heterocycles. The number of Topliss-reactive ketones (excluding diaryl/α,β-unsaturated/α-hetero) is 1. The van der Waals surface area contributed by atoms with Crippen molar-refractivity contribution in [3.8, 4) is 0 Å². The van der Waals surface area contributed by atoms with E-state index in [9.17, 15) is 23.3 Å². The van der Waals surface area contributed by atoms with Crippen LogP contribution in [0.3, 0.4) is 0 Å². The molecule has 10 heteroatoms. The Bertz CT molecular complexity index is 1390. The van der Waals surface area contributed by atoms with Gasteiger partial charge in [-0.25, -0.2) is 12.4 Å². The first-order valence-electron chi connectivity index (χ1n) is 10.9. The van der Waals surface area contributed by atoms with Crippen LogP contribution < -0.4 is 4.90 Å². The molecular formula is C23H24N4O5S. The summed E-state index contributed by atoms with van der Waals surface area (Å²) in [7, 11) is -2.17. The zero-order chi connectivity index (χ0) is 23.3. The number of nitrogens with zero attached hydrogens (tertiary/aromatic N) is 4. The second kappa shape index (κ2) is 7.96. The van der Waals surface area contributed by atoms with Crippen molar-refractivity contribution >= 4 is 38.1 Å². The Hall–Kier alpha value is -3.24. The van der Waals surface area contributed by atoms with Crippen LogP contribution in [0.5, 0.6) is 0 Å². The summed E-state index contributed by atoms with van der Waals surface area (Å²) in [5.41, 5.74) is 1.51. The van der Waals surface area contributed by atoms with E-state index in [4.69, 9.17) is 0 Å². The van der Waals surface area contributed by atoms with Gasteiger partial charge in [0.25, 0.3) is 15.7 Å². The van der Waals surface area contributed by atoms with Gasteiger partial charge in [0.05, 0.1) is 15.3 Å². The van der Waals surface area contributed by atoms with Crippen molar-refractivity contribution in [1.82, 2.24) is 8.87 Å². The molecule has 1 aliphatic heterocycles. The molecule has 0 atom stereocenters. The second-order valence-electron chi connectivity index (χ2n) is 8.58. The maximum Gasteiger partial charge on any atom is 0.293 e. The number of carbonyl (C=O) groups is 1. The van der Waals surface area contributed by atoms with Crippen LogP contribution in [-0.2, 0) is 16.4 Å². The van der Waals surface area contributed by atoms with Crippen molar-refractivity contribution in [3.05, 3.63) is 63.8 Å². The van der Waals surface area contributed by atoms with Gasteiger partial charge < -0.3 is 9.80 Å². The summed E-state index contributed by atoms with van der Waals surface area (Å²) in [6.07, 6.45) is 1.41. The minimum absolute atomic E-state index is 0.0715. The molecule has 0 N–H and O–H groups in total. The maximum atomic E-state index is 13.8. The summed E-state index contributed by atoms with van der Waals surface area (Å²) >= 11 is 0. The van der Waals surface area contributed by atoms with E-state index in [1.54, 1.807) is 24.3 Å². The third-order valence-electron chi connectivity index (χ3n) is 6.55. The number of ketones is 1. The molecule has 1 aliphatic carbocycles. The van der Waals surface area contributed by atoms with Gasteiger partial charge in [-0.3, -0.25) is 14.9 Å². The number of likely N-dealkylation sites (N-methyl/N-ethyl adjacent to an activating group) is 1. The van der Waals surface area contributed by atoms with Gasteiger partial charge in [0.15, 0.2) is 5.78 Å². The maximum absolute atomic E-state index is 13.8. The molecule has 0 spiro atoms. The number of aromatic nitrogens is 1. The van der Waals surface area contributed by atoms with Crippen LogP contribution in [0.25, 0.3) is 10.9 Å². The van der Waals surface area contributed by atoms with Gasteiger partial charge in [-0.2, -0.15) is 0 Å². The van der Waals surface area contributed by atoms with Crippen LogP contribution >= 0.6 is 0 Å². The molecule has 0 saturated carbocycles. The Morgan fingerprint density at radius 1 is 1.00 bits per heavy atom. The third-order valence-corrected chi connectivity index (χ3v) is 8.30. The fourth-order valence-electron chi connectivity index (χ4n) is 4.85. The molecule has 1 fully saturated rings. The van der Waals surface area contributed by atoms with Crippen molar-refractivity contribution in [2.45, 2.75) is 24.2 Å². The quantitative estimate of drug-likeness (QED) is 0.428. The average Bonchev–Trinajstić information content (AvgIpc) is 3.15. The lowest BCUT2D eigenvalue weighted by Gasteiger charge is -2.33. The fraction of sp³-hybridized carbons (Fsp3) is 0.348. The predicted molar refractivity (Wildman–Crippen MR) is 125 cm³/mol. The number of carbonyl (C=O) groups excluding carboxylic acids is 1. The number of anilines is 1. The van der Waals surface area contributed by atoms with E-state index in [0.717, 1.165) is 19.2 Å². The molecule has 1 saturated heterocycles. The SMILES string of the molecule is CN1CCN(c2ccc(S(=O)(=O)n3c4c(c5ccccc53)C(=O)CCC4)cc2[N+](=O)[O-])CC1. The van der Waals surface area contributed by atoms with Crippen LogP contribution in [0.4, 0.5) is 11.4 Å². The van der Waals surface area contributed by atoms with Gasteiger partial charge >= 0.3 is 0 Å². The summed E-state index contributed by atoms with van der Waals surface area (Å²) in [5, 5.41) is 12.5. The summed E-state index contributed by atoms with van der Waals surface area (Å²) in [4.78, 5) is 27.9. The van der Waals surface area contributed by atoms with Crippen LogP contribution in [0.2, 0.25) is 0 Å². The predicted octanol–water partition coefficient (Wildman–Crippen LogP) is 3.06. The van der Waals surface area contributed by atoms with E-state index in [-0.39, 0.29) is 16.4 Å². The van der Waals surface area contributed by atoms with E-state index in [1.807, 2.05) is 11.9 Å². The molecule has 1 aromatic heterocycles. The summed E-state index contributed by atoms with van der Waals surface area (Å²) in [6, 6.07) is 11.0. The Balaban J connectivity index is 1.66. The first-order valence-corrected chi connectivity index (χ1v) is 12.4. The van der Waals surface area contributed by atoms with Crippen LogP contribution in [0.15, 0.2) is 47.4 Å². The second-order valence-corrected chi connectivity index (χ2v) is 10.4. The van der Waals surface area contributed by atoms with Crippen molar-refractivity contribution in [2.24, 2.45) is 0 Å². The third kappa shape index (κ3) is 3.50. The molecule has 5 rings (SSSR count). The first kappa shape index (κ1) is 21.6. The number of piperazine rings is 1. The van der Waals surface area contributed by atoms with E-state index in [0.29, 0.717) is 60.2 Å². The average molecular weight is 469 g/mol. The summed E-state index contributed by atoms with van der Waals surface area (Å²) in [6.45, 7) is 2.79. The van der Waals surface area contributed by atoms with Crippen molar-refractivity contribution in [2.75, 3.05) is 38.1 Å². The number of benzene rings is 2. The highest BCUT2D eigenvalue weighted by Gasteiger charge is 2.33. The smallest absolute Gasteiger partial charge is 0.293 e. The van der Waals surface area contributed by atoms with Crippen molar-refractivity contribution in [1.29, 1.82) is 0 Å². The number of hydrogen-bond acceptors (Lipinski definition) is 7. The highest BCUT2D eigenvalue weighted by atomic mass is 32.2. The Kier molecular flexibility index (Phi) is 5.21. The molecule has 2 aromatic carbocycles. The van der Waals surface area contributed by atoms with E-state index >= 15 is 0 Å². The molecular weight excluding hydrogens is 444 g/mol. The van der Waals surface area contributed by atoms with E-state index in [2.05, 4.69) is 4.90 Å². The number of para-hydroxylation sites is 1. The molecule has 0 bridgehead atoms. The number of nitro benzene ring substituents is 1. The molecule has 2 aliphatic rings. The monoisotopic (exact) mass is 468 g/mol. The zero-order valence-electron chi connectivity index (χ0n) is 18.2. The number of hydrogen-bond donors (Lipinski definition) is 0. The molecule has 0 amide bonds. The highest BCUT2D eigenvalue weighted by Crippen LogP contribution is 2.37. The molecule has 33 heavy (non-hydrogen) atoms. The minimum Gasteiger partial charge on any atom is -0.363 e. The summed E-state index contributed by atoms with van der Waals surface area (Å²) in [5.74, 6) is -0.0715. The van der Waals surface area contributed by atoms with Crippen LogP contribution in [-0.4, -0.2) is 61.2 Å². The van der Waals surface area contributed by atoms with Gasteiger partial charge in [-0.15, -0.1) is 0 Å². The normalized spacial score (nSPS) is 17.4. The summed E-state index contributed by atoms with van der Waals surface area (Å²) < 4.78 is 28.8. The zero-order valence-corrected chi connectivity index (χ0v) is 19.0. The minimum atomic E-state index is -4.17. The van der Waals surface area contributed by atoms with Crippen LogP contribution in [0, 0.1) is 10.1 Å². The lowest BCUT2D eigenvalue weighted by atomic mass is 9.94. The van der Waals surface area contributed by atoms with Gasteiger partial charge in [0, 0.05) is 55.3 Å². The lowest BCUT2D eigenvalue weighted by Crippen LogP contribution is -2.44. The Labute approximate surface area is 191 Å². The Morgan fingerprint density at radius 3 is 2.45 bits per heavy atom. The first-order chi connectivity index (χ1) is 15.8. The fourth-order valence-corrected chi connectivity index (χ4v) is 6.45. The van der Waals surface area contributed by atoms with Gasteiger partial charge in [-0.1, -0.05) is 18.2 Å². The van der Waals surface area contributed by atoms with E-state index < -0.39 is 14.9 Å². The molecule has 3 aromatic rings. The molecule has 9 nitrogen and oxygen atoms in total. The topological polar surface area (TPSA) is 106 Å². The molecule has 0 radical (unpaired) electrons. The Morgan fingerprint density at radius 2 is 1.73 bits per heavy atom. The van der Waals surface area contributed by atoms with Crippen LogP contribution in [0.1, 0.15) is 28.9 Å². The largest absolute Gasteiger partial charge is 0.363 e. The highest BCUT2D eigenvalue weighted by molar-refractivity contribution is 7.90. The molecule has 172 valence electrons. The van der Waals surface area contributed by atoms with Gasteiger partial charge in [-0.05, 0) is 38.1 Å². The molecule has 0 unspecified atom stereocenters. The lowest BCUT2D eigenvalue weighted by molar-refractivity contribution is -0.384. The number of rotatable bonds is 4. The van der Waals surface area contributed by atoms with Crippen molar-refractivity contribution in [3.63, 3.8) is 0 Å². The number of fused-ring (bicyclic) bond motifs is 3. The standard InChI is InChI=1S/C23H24N4O5S/c1-24-11-13-25(14-12-24)19-10-9-16(15-21(19)27(29)30)33(31,32)26-18-6-3-2-5-17(18)23-20(26)7-4-8-22(23)28/h2-3,5-6,9-10,15H,4,7-8,11-14H2,1H3.